The quantitative estimate of drug-likeness (QED) is 0.729. The molecular formula is C10H15N3O2S. The summed E-state index contributed by atoms with van der Waals surface area (Å²) in [5.74, 6) is 0.776. The molecule has 1 aliphatic heterocycles. The number of aryl methyl sites for hydroxylation is 1. The second-order valence-corrected chi connectivity index (χ2v) is 4.64. The first-order chi connectivity index (χ1) is 7.70. The van der Waals surface area contributed by atoms with Gasteiger partial charge in [-0.3, -0.25) is 4.79 Å². The zero-order chi connectivity index (χ0) is 11.5. The van der Waals surface area contributed by atoms with E-state index in [9.17, 15) is 4.79 Å². The highest BCUT2D eigenvalue weighted by molar-refractivity contribution is 7.09. The van der Waals surface area contributed by atoms with Crippen molar-refractivity contribution in [3.05, 3.63) is 5.82 Å². The van der Waals surface area contributed by atoms with Gasteiger partial charge in [0.05, 0.1) is 13.0 Å². The van der Waals surface area contributed by atoms with Gasteiger partial charge >= 0.3 is 5.97 Å². The highest BCUT2D eigenvalue weighted by atomic mass is 32.1. The fourth-order valence-electron chi connectivity index (χ4n) is 1.89. The van der Waals surface area contributed by atoms with Crippen molar-refractivity contribution in [2.45, 2.75) is 19.8 Å². The van der Waals surface area contributed by atoms with E-state index in [0.29, 0.717) is 0 Å². The number of ether oxygens (including phenoxy) is 1. The standard InChI is InChI=1S/C10H15N3O2S/c1-7-11-10(16-12-7)13-5-3-8(4-6-13)9(14)15-2/h8H,3-6H2,1-2H3. The molecule has 0 saturated carbocycles. The summed E-state index contributed by atoms with van der Waals surface area (Å²) >= 11 is 1.42. The van der Waals surface area contributed by atoms with Crippen molar-refractivity contribution in [1.29, 1.82) is 0 Å². The number of hydrogen-bond donors (Lipinski definition) is 0. The van der Waals surface area contributed by atoms with Crippen LogP contribution in [0.3, 0.4) is 0 Å². The van der Waals surface area contributed by atoms with Crippen LogP contribution < -0.4 is 4.90 Å². The molecule has 2 rings (SSSR count). The van der Waals surface area contributed by atoms with Gasteiger partial charge in [-0.2, -0.15) is 4.37 Å². The Hall–Kier alpha value is -1.17. The van der Waals surface area contributed by atoms with Gasteiger partial charge in [0.15, 0.2) is 0 Å². The van der Waals surface area contributed by atoms with Crippen LogP contribution in [0, 0.1) is 12.8 Å². The third-order valence-electron chi connectivity index (χ3n) is 2.82. The molecular weight excluding hydrogens is 226 g/mol. The van der Waals surface area contributed by atoms with Crippen molar-refractivity contribution in [2.24, 2.45) is 5.92 Å². The lowest BCUT2D eigenvalue weighted by atomic mass is 9.97. The monoisotopic (exact) mass is 241 g/mol. The third kappa shape index (κ3) is 2.32. The number of carbonyl (C=O) groups is 1. The first kappa shape index (κ1) is 11.3. The van der Waals surface area contributed by atoms with E-state index in [-0.39, 0.29) is 11.9 Å². The minimum absolute atomic E-state index is 0.0512. The molecule has 1 aliphatic rings. The van der Waals surface area contributed by atoms with Gasteiger partial charge in [0.2, 0.25) is 5.13 Å². The molecule has 88 valence electrons. The summed E-state index contributed by atoms with van der Waals surface area (Å²) in [5, 5.41) is 0.959. The van der Waals surface area contributed by atoms with Crippen LogP contribution >= 0.6 is 11.5 Å². The van der Waals surface area contributed by atoms with Crippen LogP contribution in [0.2, 0.25) is 0 Å². The molecule has 1 aromatic rings. The van der Waals surface area contributed by atoms with Gasteiger partial charge in [0.25, 0.3) is 0 Å². The summed E-state index contributed by atoms with van der Waals surface area (Å²) in [4.78, 5) is 17.9. The average molecular weight is 241 g/mol. The summed E-state index contributed by atoms with van der Waals surface area (Å²) in [6.45, 7) is 3.60. The van der Waals surface area contributed by atoms with Crippen LogP contribution in [0.5, 0.6) is 0 Å². The number of esters is 1. The summed E-state index contributed by atoms with van der Waals surface area (Å²) in [6.07, 6.45) is 1.68. The molecule has 0 unspecified atom stereocenters. The van der Waals surface area contributed by atoms with Gasteiger partial charge < -0.3 is 9.64 Å². The van der Waals surface area contributed by atoms with E-state index in [0.717, 1.165) is 36.9 Å². The largest absolute Gasteiger partial charge is 0.469 e. The molecule has 0 bridgehead atoms. The third-order valence-corrected chi connectivity index (χ3v) is 3.69. The van der Waals surface area contributed by atoms with E-state index in [4.69, 9.17) is 4.74 Å². The lowest BCUT2D eigenvalue weighted by Gasteiger charge is -2.29. The fraction of sp³-hybridized carbons (Fsp3) is 0.700. The fourth-order valence-corrected chi connectivity index (χ4v) is 2.61. The lowest BCUT2D eigenvalue weighted by molar-refractivity contribution is -0.146. The molecule has 0 radical (unpaired) electrons. The molecule has 0 spiro atoms. The molecule has 0 N–H and O–H groups in total. The predicted molar refractivity (Wildman–Crippen MR) is 61.6 cm³/mol. The van der Waals surface area contributed by atoms with E-state index < -0.39 is 0 Å². The van der Waals surface area contributed by atoms with Crippen molar-refractivity contribution in [3.8, 4) is 0 Å². The van der Waals surface area contributed by atoms with Gasteiger partial charge in [0.1, 0.15) is 5.82 Å². The maximum atomic E-state index is 11.3. The molecule has 1 fully saturated rings. The maximum Gasteiger partial charge on any atom is 0.308 e. The number of methoxy groups -OCH3 is 1. The van der Waals surface area contributed by atoms with E-state index in [1.165, 1.54) is 18.6 Å². The molecule has 2 heterocycles. The summed E-state index contributed by atoms with van der Waals surface area (Å²) in [5.41, 5.74) is 0. The average Bonchev–Trinajstić information content (AvgIpc) is 2.75. The van der Waals surface area contributed by atoms with E-state index in [2.05, 4.69) is 14.3 Å². The first-order valence-electron chi connectivity index (χ1n) is 5.34. The lowest BCUT2D eigenvalue weighted by Crippen LogP contribution is -2.36. The van der Waals surface area contributed by atoms with Crippen LogP contribution in [-0.4, -0.2) is 35.5 Å². The highest BCUT2D eigenvalue weighted by Crippen LogP contribution is 2.24. The van der Waals surface area contributed by atoms with Crippen LogP contribution in [0.25, 0.3) is 0 Å². The van der Waals surface area contributed by atoms with Crippen LogP contribution in [0.15, 0.2) is 0 Å². The second-order valence-electron chi connectivity index (χ2n) is 3.91. The SMILES string of the molecule is COC(=O)C1CCN(c2nc(C)ns2)CC1. The number of aromatic nitrogens is 2. The molecule has 1 saturated heterocycles. The predicted octanol–water partition coefficient (Wildman–Crippen LogP) is 1.24. The Morgan fingerprint density at radius 1 is 1.50 bits per heavy atom. The van der Waals surface area contributed by atoms with Crippen LogP contribution in [-0.2, 0) is 9.53 Å². The van der Waals surface area contributed by atoms with Crippen LogP contribution in [0.4, 0.5) is 5.13 Å². The van der Waals surface area contributed by atoms with Crippen molar-refractivity contribution in [2.75, 3.05) is 25.1 Å². The van der Waals surface area contributed by atoms with E-state index >= 15 is 0 Å². The van der Waals surface area contributed by atoms with E-state index in [1.807, 2.05) is 6.92 Å². The summed E-state index contributed by atoms with van der Waals surface area (Å²) in [6, 6.07) is 0. The Bertz CT molecular complexity index is 372. The van der Waals surface area contributed by atoms with Gasteiger partial charge in [-0.05, 0) is 19.8 Å². The Labute approximate surface area is 98.6 Å². The Morgan fingerprint density at radius 2 is 2.19 bits per heavy atom. The smallest absolute Gasteiger partial charge is 0.308 e. The Morgan fingerprint density at radius 3 is 2.69 bits per heavy atom. The molecule has 1 aromatic heterocycles. The number of nitrogens with zero attached hydrogens (tertiary/aromatic N) is 3. The van der Waals surface area contributed by atoms with E-state index in [1.54, 1.807) is 0 Å². The number of rotatable bonds is 2. The number of anilines is 1. The zero-order valence-corrected chi connectivity index (χ0v) is 10.3. The number of hydrogen-bond acceptors (Lipinski definition) is 6. The van der Waals surface area contributed by atoms with Gasteiger partial charge in [-0.25, -0.2) is 4.98 Å². The van der Waals surface area contributed by atoms with Gasteiger partial charge in [-0.15, -0.1) is 0 Å². The summed E-state index contributed by atoms with van der Waals surface area (Å²) in [7, 11) is 1.45. The normalized spacial score (nSPS) is 17.5. The maximum absolute atomic E-state index is 11.3. The minimum atomic E-state index is -0.0897. The highest BCUT2D eigenvalue weighted by Gasteiger charge is 2.26. The minimum Gasteiger partial charge on any atom is -0.469 e. The second kappa shape index (κ2) is 4.78. The molecule has 0 atom stereocenters. The topological polar surface area (TPSA) is 55.3 Å². The van der Waals surface area contributed by atoms with Gasteiger partial charge in [-0.1, -0.05) is 0 Å². The molecule has 0 aliphatic carbocycles. The molecule has 5 nitrogen and oxygen atoms in total. The molecule has 0 aromatic carbocycles. The van der Waals surface area contributed by atoms with Crippen LogP contribution in [0.1, 0.15) is 18.7 Å². The van der Waals surface area contributed by atoms with Crippen molar-refractivity contribution < 1.29 is 9.53 Å². The molecule has 0 amide bonds. The first-order valence-corrected chi connectivity index (χ1v) is 6.11. The molecule has 16 heavy (non-hydrogen) atoms. The summed E-state index contributed by atoms with van der Waals surface area (Å²) < 4.78 is 8.91. The van der Waals surface area contributed by atoms with Crippen molar-refractivity contribution >= 4 is 22.6 Å². The number of carbonyl (C=O) groups excluding carboxylic acids is 1. The zero-order valence-electron chi connectivity index (χ0n) is 9.47. The van der Waals surface area contributed by atoms with Crippen molar-refractivity contribution in [3.63, 3.8) is 0 Å². The molecule has 6 heteroatoms. The van der Waals surface area contributed by atoms with Crippen molar-refractivity contribution in [1.82, 2.24) is 9.36 Å². The Kier molecular flexibility index (Phi) is 3.38. The Balaban J connectivity index is 1.92. The number of piperidine rings is 1. The van der Waals surface area contributed by atoms with Gasteiger partial charge in [0, 0.05) is 24.6 Å².